The fraction of sp³-hybridized carbons (Fsp3) is 0.273. The SMILES string of the molecule is CC(C)C(=O)N/N=C\c1ccc(F)cc1. The minimum atomic E-state index is -0.293. The van der Waals surface area contributed by atoms with Crippen molar-refractivity contribution in [3.63, 3.8) is 0 Å². The molecular formula is C11H13FN2O. The molecule has 1 N–H and O–H groups in total. The summed E-state index contributed by atoms with van der Waals surface area (Å²) in [6.45, 7) is 3.56. The van der Waals surface area contributed by atoms with Gasteiger partial charge in [-0.2, -0.15) is 5.10 Å². The van der Waals surface area contributed by atoms with Crippen LogP contribution in [-0.2, 0) is 4.79 Å². The van der Waals surface area contributed by atoms with Gasteiger partial charge in [0, 0.05) is 5.92 Å². The number of rotatable bonds is 3. The molecule has 0 saturated heterocycles. The molecule has 0 fully saturated rings. The fourth-order valence-electron chi connectivity index (χ4n) is 0.848. The molecule has 0 aliphatic carbocycles. The molecule has 0 unspecified atom stereocenters. The molecule has 1 aromatic carbocycles. The quantitative estimate of drug-likeness (QED) is 0.598. The average Bonchev–Trinajstić information content (AvgIpc) is 2.20. The second kappa shape index (κ2) is 5.24. The van der Waals surface area contributed by atoms with Crippen LogP contribution in [-0.4, -0.2) is 12.1 Å². The zero-order valence-electron chi connectivity index (χ0n) is 8.70. The van der Waals surface area contributed by atoms with Crippen molar-refractivity contribution >= 4 is 12.1 Å². The summed E-state index contributed by atoms with van der Waals surface area (Å²) in [6.07, 6.45) is 1.47. The summed E-state index contributed by atoms with van der Waals surface area (Å²) >= 11 is 0. The molecule has 3 nitrogen and oxygen atoms in total. The molecule has 0 aliphatic rings. The summed E-state index contributed by atoms with van der Waals surface area (Å²) in [5.41, 5.74) is 3.12. The molecule has 15 heavy (non-hydrogen) atoms. The lowest BCUT2D eigenvalue weighted by molar-refractivity contribution is -0.123. The standard InChI is InChI=1S/C11H13FN2O/c1-8(2)11(15)14-13-7-9-3-5-10(12)6-4-9/h3-8H,1-2H3,(H,14,15)/b13-7-. The number of amides is 1. The highest BCUT2D eigenvalue weighted by molar-refractivity contribution is 5.82. The van der Waals surface area contributed by atoms with Gasteiger partial charge in [-0.05, 0) is 17.7 Å². The Kier molecular flexibility index (Phi) is 3.97. The Hall–Kier alpha value is -1.71. The number of benzene rings is 1. The first-order chi connectivity index (χ1) is 7.09. The summed E-state index contributed by atoms with van der Waals surface area (Å²) in [5, 5.41) is 3.75. The van der Waals surface area contributed by atoms with Gasteiger partial charge < -0.3 is 0 Å². The van der Waals surface area contributed by atoms with E-state index < -0.39 is 0 Å². The third-order valence-electron chi connectivity index (χ3n) is 1.78. The van der Waals surface area contributed by atoms with Crippen molar-refractivity contribution in [1.29, 1.82) is 0 Å². The van der Waals surface area contributed by atoms with Crippen LogP contribution >= 0.6 is 0 Å². The third kappa shape index (κ3) is 3.89. The molecule has 4 heteroatoms. The highest BCUT2D eigenvalue weighted by atomic mass is 19.1. The molecular weight excluding hydrogens is 195 g/mol. The van der Waals surface area contributed by atoms with E-state index >= 15 is 0 Å². The van der Waals surface area contributed by atoms with Crippen LogP contribution in [0.15, 0.2) is 29.4 Å². The Morgan fingerprint density at radius 3 is 2.53 bits per heavy atom. The topological polar surface area (TPSA) is 41.5 Å². The van der Waals surface area contributed by atoms with Gasteiger partial charge in [0.25, 0.3) is 0 Å². The first-order valence-corrected chi connectivity index (χ1v) is 4.68. The number of halogens is 1. The molecule has 0 heterocycles. The van der Waals surface area contributed by atoms with Gasteiger partial charge in [0.05, 0.1) is 6.21 Å². The summed E-state index contributed by atoms with van der Waals surface area (Å²) in [6, 6.07) is 5.85. The van der Waals surface area contributed by atoms with Gasteiger partial charge in [-0.1, -0.05) is 26.0 Å². The third-order valence-corrected chi connectivity index (χ3v) is 1.78. The molecule has 0 bridgehead atoms. The lowest BCUT2D eigenvalue weighted by Crippen LogP contribution is -2.22. The molecule has 0 spiro atoms. The molecule has 0 aromatic heterocycles. The minimum Gasteiger partial charge on any atom is -0.273 e. The van der Waals surface area contributed by atoms with E-state index in [9.17, 15) is 9.18 Å². The number of carbonyl (C=O) groups excluding carboxylic acids is 1. The maximum absolute atomic E-state index is 12.5. The van der Waals surface area contributed by atoms with Crippen molar-refractivity contribution in [2.45, 2.75) is 13.8 Å². The minimum absolute atomic E-state index is 0.102. The molecule has 0 saturated carbocycles. The maximum Gasteiger partial charge on any atom is 0.242 e. The van der Waals surface area contributed by atoms with E-state index in [2.05, 4.69) is 10.5 Å². The van der Waals surface area contributed by atoms with Crippen molar-refractivity contribution < 1.29 is 9.18 Å². The van der Waals surface area contributed by atoms with Gasteiger partial charge in [-0.3, -0.25) is 4.79 Å². The smallest absolute Gasteiger partial charge is 0.242 e. The Morgan fingerprint density at radius 1 is 1.40 bits per heavy atom. The van der Waals surface area contributed by atoms with Crippen LogP contribution in [0, 0.1) is 11.7 Å². The normalized spacial score (nSPS) is 10.9. The Labute approximate surface area is 88.0 Å². The van der Waals surface area contributed by atoms with E-state index in [0.29, 0.717) is 0 Å². The van der Waals surface area contributed by atoms with Crippen LogP contribution in [0.4, 0.5) is 4.39 Å². The highest BCUT2D eigenvalue weighted by Crippen LogP contribution is 1.99. The average molecular weight is 208 g/mol. The van der Waals surface area contributed by atoms with Crippen molar-refractivity contribution in [1.82, 2.24) is 5.43 Å². The van der Waals surface area contributed by atoms with Crippen LogP contribution in [0.2, 0.25) is 0 Å². The molecule has 0 aliphatic heterocycles. The largest absolute Gasteiger partial charge is 0.273 e. The van der Waals surface area contributed by atoms with E-state index in [0.717, 1.165) is 5.56 Å². The van der Waals surface area contributed by atoms with Crippen LogP contribution in [0.25, 0.3) is 0 Å². The van der Waals surface area contributed by atoms with E-state index in [-0.39, 0.29) is 17.6 Å². The lowest BCUT2D eigenvalue weighted by atomic mass is 10.2. The van der Waals surface area contributed by atoms with Gasteiger partial charge in [-0.25, -0.2) is 9.82 Å². The highest BCUT2D eigenvalue weighted by Gasteiger charge is 2.03. The van der Waals surface area contributed by atoms with E-state index in [1.807, 2.05) is 0 Å². The van der Waals surface area contributed by atoms with Gasteiger partial charge >= 0.3 is 0 Å². The summed E-state index contributed by atoms with van der Waals surface area (Å²) in [5.74, 6) is -0.540. The molecule has 1 rings (SSSR count). The molecule has 0 atom stereocenters. The number of nitrogens with one attached hydrogen (secondary N) is 1. The van der Waals surface area contributed by atoms with Gasteiger partial charge in [-0.15, -0.1) is 0 Å². The zero-order chi connectivity index (χ0) is 11.3. The Balaban J connectivity index is 2.51. The lowest BCUT2D eigenvalue weighted by Gasteiger charge is -2.00. The molecule has 80 valence electrons. The van der Waals surface area contributed by atoms with Crippen molar-refractivity contribution in [3.05, 3.63) is 35.6 Å². The number of hydrogen-bond donors (Lipinski definition) is 1. The monoisotopic (exact) mass is 208 g/mol. The molecule has 1 amide bonds. The molecule has 1 aromatic rings. The number of nitrogens with zero attached hydrogens (tertiary/aromatic N) is 1. The van der Waals surface area contributed by atoms with Gasteiger partial charge in [0.1, 0.15) is 5.82 Å². The summed E-state index contributed by atoms with van der Waals surface area (Å²) in [7, 11) is 0. The first-order valence-electron chi connectivity index (χ1n) is 4.68. The maximum atomic E-state index is 12.5. The van der Waals surface area contributed by atoms with Crippen LogP contribution in [0.1, 0.15) is 19.4 Å². The Morgan fingerprint density at radius 2 is 2.00 bits per heavy atom. The van der Waals surface area contributed by atoms with E-state index in [1.165, 1.54) is 18.3 Å². The summed E-state index contributed by atoms with van der Waals surface area (Å²) < 4.78 is 12.5. The van der Waals surface area contributed by atoms with Crippen LogP contribution in [0.5, 0.6) is 0 Å². The van der Waals surface area contributed by atoms with Gasteiger partial charge in [0.2, 0.25) is 5.91 Å². The molecule has 0 radical (unpaired) electrons. The number of hydrazone groups is 1. The van der Waals surface area contributed by atoms with Gasteiger partial charge in [0.15, 0.2) is 0 Å². The van der Waals surface area contributed by atoms with E-state index in [1.54, 1.807) is 26.0 Å². The van der Waals surface area contributed by atoms with Crippen molar-refractivity contribution in [2.24, 2.45) is 11.0 Å². The number of hydrogen-bond acceptors (Lipinski definition) is 2. The van der Waals surface area contributed by atoms with Crippen LogP contribution < -0.4 is 5.43 Å². The predicted octanol–water partition coefficient (Wildman–Crippen LogP) is 1.93. The number of carbonyl (C=O) groups is 1. The van der Waals surface area contributed by atoms with Crippen molar-refractivity contribution in [3.8, 4) is 0 Å². The first kappa shape index (κ1) is 11.4. The van der Waals surface area contributed by atoms with Crippen LogP contribution in [0.3, 0.4) is 0 Å². The second-order valence-corrected chi connectivity index (χ2v) is 3.44. The van der Waals surface area contributed by atoms with E-state index in [4.69, 9.17) is 0 Å². The Bertz CT molecular complexity index is 357. The fourth-order valence-corrected chi connectivity index (χ4v) is 0.848. The second-order valence-electron chi connectivity index (χ2n) is 3.44. The summed E-state index contributed by atoms with van der Waals surface area (Å²) in [4.78, 5) is 11.1. The zero-order valence-corrected chi connectivity index (χ0v) is 8.70. The van der Waals surface area contributed by atoms with Crippen molar-refractivity contribution in [2.75, 3.05) is 0 Å². The predicted molar refractivity (Wildman–Crippen MR) is 57.0 cm³/mol.